The van der Waals surface area contributed by atoms with Crippen molar-refractivity contribution in [3.63, 3.8) is 0 Å². The molecular formula is C14H17Cl2NO2. The van der Waals surface area contributed by atoms with Gasteiger partial charge in [-0.05, 0) is 37.9 Å². The minimum atomic E-state index is -0.157. The maximum Gasteiger partial charge on any atom is 0.323 e. The molecule has 2 rings (SSSR count). The molecule has 1 heterocycles. The van der Waals surface area contributed by atoms with Crippen LogP contribution in [0.4, 0.5) is 0 Å². The van der Waals surface area contributed by atoms with E-state index in [-0.39, 0.29) is 12.0 Å². The highest BCUT2D eigenvalue weighted by Gasteiger charge is 2.32. The van der Waals surface area contributed by atoms with Crippen LogP contribution in [-0.2, 0) is 16.1 Å². The Labute approximate surface area is 123 Å². The number of benzene rings is 1. The second-order valence-electron chi connectivity index (χ2n) is 4.59. The number of ether oxygens (including phenoxy) is 1. The number of likely N-dealkylation sites (tertiary alicyclic amines) is 1. The number of rotatable bonds is 4. The fourth-order valence-corrected chi connectivity index (χ4v) is 2.79. The van der Waals surface area contributed by atoms with Crippen molar-refractivity contribution in [1.29, 1.82) is 0 Å². The fraction of sp³-hybridized carbons (Fsp3) is 0.500. The van der Waals surface area contributed by atoms with Gasteiger partial charge in [0, 0.05) is 6.54 Å². The van der Waals surface area contributed by atoms with Gasteiger partial charge in [-0.2, -0.15) is 0 Å². The van der Waals surface area contributed by atoms with Gasteiger partial charge in [0.2, 0.25) is 0 Å². The van der Waals surface area contributed by atoms with E-state index in [1.165, 1.54) is 0 Å². The first-order valence-corrected chi connectivity index (χ1v) is 7.22. The third-order valence-corrected chi connectivity index (χ3v) is 4.19. The summed E-state index contributed by atoms with van der Waals surface area (Å²) < 4.78 is 5.11. The molecule has 1 fully saturated rings. The van der Waals surface area contributed by atoms with Crippen LogP contribution in [0.5, 0.6) is 0 Å². The first kappa shape index (κ1) is 14.6. The Morgan fingerprint density at radius 1 is 1.47 bits per heavy atom. The van der Waals surface area contributed by atoms with E-state index in [0.29, 0.717) is 23.2 Å². The SMILES string of the molecule is CCOC(=O)C1CCCN1Cc1cccc(Cl)c1Cl. The zero-order chi connectivity index (χ0) is 13.8. The topological polar surface area (TPSA) is 29.5 Å². The van der Waals surface area contributed by atoms with Crippen LogP contribution in [0.1, 0.15) is 25.3 Å². The van der Waals surface area contributed by atoms with Gasteiger partial charge < -0.3 is 4.74 Å². The zero-order valence-electron chi connectivity index (χ0n) is 10.9. The molecule has 19 heavy (non-hydrogen) atoms. The normalized spacial score (nSPS) is 19.6. The summed E-state index contributed by atoms with van der Waals surface area (Å²) in [5.74, 6) is -0.141. The van der Waals surface area contributed by atoms with Crippen molar-refractivity contribution >= 4 is 29.2 Å². The molecule has 1 aromatic carbocycles. The largest absolute Gasteiger partial charge is 0.465 e. The van der Waals surface area contributed by atoms with Crippen molar-refractivity contribution in [3.8, 4) is 0 Å². The summed E-state index contributed by atoms with van der Waals surface area (Å²) in [6.07, 6.45) is 1.85. The molecule has 104 valence electrons. The van der Waals surface area contributed by atoms with Crippen molar-refractivity contribution in [3.05, 3.63) is 33.8 Å². The molecule has 5 heteroatoms. The second-order valence-corrected chi connectivity index (χ2v) is 5.38. The molecular weight excluding hydrogens is 285 g/mol. The van der Waals surface area contributed by atoms with Crippen molar-refractivity contribution in [2.45, 2.75) is 32.4 Å². The van der Waals surface area contributed by atoms with Crippen LogP contribution in [0.25, 0.3) is 0 Å². The molecule has 0 saturated carbocycles. The molecule has 0 radical (unpaired) electrons. The van der Waals surface area contributed by atoms with Gasteiger partial charge in [-0.25, -0.2) is 0 Å². The number of esters is 1. The second kappa shape index (κ2) is 6.60. The summed E-state index contributed by atoms with van der Waals surface area (Å²) >= 11 is 12.2. The standard InChI is InChI=1S/C14H17Cl2NO2/c1-2-19-14(18)12-7-4-8-17(12)9-10-5-3-6-11(15)13(10)16/h3,5-6,12H,2,4,7-9H2,1H3. The van der Waals surface area contributed by atoms with Crippen LogP contribution in [-0.4, -0.2) is 30.1 Å². The van der Waals surface area contributed by atoms with Gasteiger partial charge in [0.05, 0.1) is 16.7 Å². The minimum absolute atomic E-state index is 0.141. The molecule has 1 saturated heterocycles. The van der Waals surface area contributed by atoms with Crippen molar-refractivity contribution in [2.75, 3.05) is 13.2 Å². The highest BCUT2D eigenvalue weighted by molar-refractivity contribution is 6.42. The van der Waals surface area contributed by atoms with Crippen molar-refractivity contribution in [2.24, 2.45) is 0 Å². The molecule has 1 aliphatic rings. The van der Waals surface area contributed by atoms with E-state index in [9.17, 15) is 4.79 Å². The minimum Gasteiger partial charge on any atom is -0.465 e. The third-order valence-electron chi connectivity index (χ3n) is 3.33. The average Bonchev–Trinajstić information content (AvgIpc) is 2.83. The van der Waals surface area contributed by atoms with E-state index >= 15 is 0 Å². The summed E-state index contributed by atoms with van der Waals surface area (Å²) in [5.41, 5.74) is 0.949. The Bertz CT molecular complexity index is 465. The lowest BCUT2D eigenvalue weighted by atomic mass is 10.2. The summed E-state index contributed by atoms with van der Waals surface area (Å²) in [4.78, 5) is 14.0. The highest BCUT2D eigenvalue weighted by atomic mass is 35.5. The smallest absolute Gasteiger partial charge is 0.323 e. The van der Waals surface area contributed by atoms with Crippen LogP contribution in [0.15, 0.2) is 18.2 Å². The number of carbonyl (C=O) groups excluding carboxylic acids is 1. The quantitative estimate of drug-likeness (QED) is 0.797. The van der Waals surface area contributed by atoms with Crippen LogP contribution < -0.4 is 0 Å². The monoisotopic (exact) mass is 301 g/mol. The molecule has 0 bridgehead atoms. The molecule has 1 aromatic rings. The van der Waals surface area contributed by atoms with Crippen molar-refractivity contribution in [1.82, 2.24) is 4.90 Å². The van der Waals surface area contributed by atoms with E-state index in [4.69, 9.17) is 27.9 Å². The Hall–Kier alpha value is -0.770. The van der Waals surface area contributed by atoms with E-state index in [1.54, 1.807) is 6.07 Å². The third kappa shape index (κ3) is 3.41. The maximum absolute atomic E-state index is 11.9. The van der Waals surface area contributed by atoms with Gasteiger partial charge in [0.1, 0.15) is 6.04 Å². The van der Waals surface area contributed by atoms with Gasteiger partial charge >= 0.3 is 5.97 Å². The van der Waals surface area contributed by atoms with Gasteiger partial charge in [-0.3, -0.25) is 9.69 Å². The van der Waals surface area contributed by atoms with E-state index in [0.717, 1.165) is 24.9 Å². The van der Waals surface area contributed by atoms with Crippen molar-refractivity contribution < 1.29 is 9.53 Å². The Morgan fingerprint density at radius 3 is 3.00 bits per heavy atom. The first-order chi connectivity index (χ1) is 9.13. The number of hydrogen-bond donors (Lipinski definition) is 0. The number of nitrogens with zero attached hydrogens (tertiary/aromatic N) is 1. The van der Waals surface area contributed by atoms with Gasteiger partial charge in [0.15, 0.2) is 0 Å². The molecule has 0 spiro atoms. The number of hydrogen-bond acceptors (Lipinski definition) is 3. The summed E-state index contributed by atoms with van der Waals surface area (Å²) in [5, 5.41) is 1.12. The lowest BCUT2D eigenvalue weighted by Gasteiger charge is -2.23. The molecule has 0 aliphatic carbocycles. The Kier molecular flexibility index (Phi) is 5.08. The van der Waals surface area contributed by atoms with E-state index < -0.39 is 0 Å². The fourth-order valence-electron chi connectivity index (χ4n) is 2.41. The summed E-state index contributed by atoms with van der Waals surface area (Å²) in [6.45, 7) is 3.75. The van der Waals surface area contributed by atoms with Gasteiger partial charge in [-0.15, -0.1) is 0 Å². The highest BCUT2D eigenvalue weighted by Crippen LogP contribution is 2.29. The number of halogens is 2. The molecule has 0 N–H and O–H groups in total. The summed E-state index contributed by atoms with van der Waals surface area (Å²) in [6, 6.07) is 5.42. The number of carbonyl (C=O) groups is 1. The molecule has 1 unspecified atom stereocenters. The lowest BCUT2D eigenvalue weighted by Crippen LogP contribution is -2.36. The molecule has 3 nitrogen and oxygen atoms in total. The maximum atomic E-state index is 11.9. The molecule has 1 aliphatic heterocycles. The summed E-state index contributed by atoms with van der Waals surface area (Å²) in [7, 11) is 0. The lowest BCUT2D eigenvalue weighted by molar-refractivity contribution is -0.148. The van der Waals surface area contributed by atoms with Crippen LogP contribution in [0, 0.1) is 0 Å². The predicted octanol–water partition coefficient (Wildman–Crippen LogP) is 3.52. The van der Waals surface area contributed by atoms with E-state index in [1.807, 2.05) is 19.1 Å². The van der Waals surface area contributed by atoms with Gasteiger partial charge in [-0.1, -0.05) is 35.3 Å². The molecule has 1 atom stereocenters. The Balaban J connectivity index is 2.09. The van der Waals surface area contributed by atoms with E-state index in [2.05, 4.69) is 4.90 Å². The molecule has 0 amide bonds. The van der Waals surface area contributed by atoms with Crippen LogP contribution in [0.2, 0.25) is 10.0 Å². The van der Waals surface area contributed by atoms with Crippen LogP contribution in [0.3, 0.4) is 0 Å². The van der Waals surface area contributed by atoms with Crippen LogP contribution >= 0.6 is 23.2 Å². The zero-order valence-corrected chi connectivity index (χ0v) is 12.4. The average molecular weight is 302 g/mol. The molecule has 0 aromatic heterocycles. The Morgan fingerprint density at radius 2 is 2.26 bits per heavy atom. The van der Waals surface area contributed by atoms with Gasteiger partial charge in [0.25, 0.3) is 0 Å². The predicted molar refractivity (Wildman–Crippen MR) is 76.5 cm³/mol. The first-order valence-electron chi connectivity index (χ1n) is 6.47.